The average Bonchev–Trinajstić information content (AvgIpc) is 3.11. The third kappa shape index (κ3) is 4.36. The van der Waals surface area contributed by atoms with Crippen LogP contribution in [0.1, 0.15) is 23.2 Å². The Morgan fingerprint density at radius 2 is 2.22 bits per heavy atom. The van der Waals surface area contributed by atoms with Crippen LogP contribution >= 0.6 is 11.8 Å². The molecule has 9 heteroatoms. The number of carbonyl (C=O) groups is 2. The minimum atomic E-state index is -2.03. The Morgan fingerprint density at radius 1 is 1.48 bits per heavy atom. The summed E-state index contributed by atoms with van der Waals surface area (Å²) < 4.78 is 7.28. The van der Waals surface area contributed by atoms with Crippen LogP contribution in [0.25, 0.3) is 0 Å². The molecule has 8 nitrogen and oxygen atoms in total. The molecule has 3 N–H and O–H groups in total. The minimum absolute atomic E-state index is 0.0571. The fourth-order valence-electron chi connectivity index (χ4n) is 1.62. The van der Waals surface area contributed by atoms with Gasteiger partial charge in [0.25, 0.3) is 5.91 Å². The largest absolute Gasteiger partial charge is 0.479 e. The SMILES string of the molecule is Cn1ccnc1SCc1ccc(C(=O)NCC(C)(O)C(=O)O)o1. The fraction of sp³-hybridized carbons (Fsp3) is 0.357. The van der Waals surface area contributed by atoms with E-state index < -0.39 is 24.0 Å². The van der Waals surface area contributed by atoms with Crippen LogP contribution in [0.3, 0.4) is 0 Å². The summed E-state index contributed by atoms with van der Waals surface area (Å²) in [4.78, 5) is 26.8. The normalized spacial score (nSPS) is 13.5. The van der Waals surface area contributed by atoms with Gasteiger partial charge < -0.3 is 24.5 Å². The Bertz CT molecular complexity index is 707. The van der Waals surface area contributed by atoms with Crippen LogP contribution in [0.15, 0.2) is 34.1 Å². The molecule has 0 saturated carbocycles. The maximum absolute atomic E-state index is 11.9. The lowest BCUT2D eigenvalue weighted by molar-refractivity contribution is -0.155. The molecule has 0 radical (unpaired) electrons. The third-order valence-electron chi connectivity index (χ3n) is 3.06. The highest BCUT2D eigenvalue weighted by Crippen LogP contribution is 2.21. The van der Waals surface area contributed by atoms with E-state index in [1.807, 2.05) is 17.8 Å². The number of amides is 1. The Kier molecular flexibility index (Phi) is 5.12. The number of hydrogen-bond acceptors (Lipinski definition) is 6. The molecular formula is C14H17N3O5S. The highest BCUT2D eigenvalue weighted by Gasteiger charge is 2.30. The number of rotatable bonds is 7. The van der Waals surface area contributed by atoms with Gasteiger partial charge in [-0.2, -0.15) is 0 Å². The maximum atomic E-state index is 11.9. The third-order valence-corrected chi connectivity index (χ3v) is 4.14. The first-order valence-electron chi connectivity index (χ1n) is 6.72. The molecule has 0 aliphatic carbocycles. The summed E-state index contributed by atoms with van der Waals surface area (Å²) in [6.07, 6.45) is 3.52. The average molecular weight is 339 g/mol. The zero-order valence-corrected chi connectivity index (χ0v) is 13.5. The van der Waals surface area contributed by atoms with Crippen molar-refractivity contribution in [1.82, 2.24) is 14.9 Å². The van der Waals surface area contributed by atoms with Gasteiger partial charge in [-0.25, -0.2) is 9.78 Å². The van der Waals surface area contributed by atoms with Crippen LogP contribution in [0.2, 0.25) is 0 Å². The summed E-state index contributed by atoms with van der Waals surface area (Å²) in [6, 6.07) is 3.17. The fourth-order valence-corrected chi connectivity index (χ4v) is 2.45. The Balaban J connectivity index is 1.90. The van der Waals surface area contributed by atoms with Crippen molar-refractivity contribution in [2.24, 2.45) is 7.05 Å². The van der Waals surface area contributed by atoms with Gasteiger partial charge in [0.2, 0.25) is 0 Å². The standard InChI is InChI=1S/C14H17N3O5S/c1-14(21,12(19)20)8-16-11(18)10-4-3-9(22-10)7-23-13-15-5-6-17(13)2/h3-6,21H,7-8H2,1-2H3,(H,16,18)(H,19,20). The van der Waals surface area contributed by atoms with Crippen molar-refractivity contribution in [3.63, 3.8) is 0 Å². The monoisotopic (exact) mass is 339 g/mol. The van der Waals surface area contributed by atoms with E-state index in [1.54, 1.807) is 12.3 Å². The molecule has 0 saturated heterocycles. The second-order valence-electron chi connectivity index (χ2n) is 5.14. The molecule has 124 valence electrons. The molecule has 23 heavy (non-hydrogen) atoms. The number of thioether (sulfide) groups is 1. The quantitative estimate of drug-likeness (QED) is 0.641. The minimum Gasteiger partial charge on any atom is -0.479 e. The van der Waals surface area contributed by atoms with Crippen LogP contribution < -0.4 is 5.32 Å². The van der Waals surface area contributed by atoms with Gasteiger partial charge in [0, 0.05) is 19.4 Å². The second kappa shape index (κ2) is 6.88. The van der Waals surface area contributed by atoms with Crippen molar-refractivity contribution in [2.75, 3.05) is 6.54 Å². The zero-order chi connectivity index (χ0) is 17.0. The summed E-state index contributed by atoms with van der Waals surface area (Å²) in [5, 5.41) is 21.5. The van der Waals surface area contributed by atoms with Crippen LogP contribution in [0, 0.1) is 0 Å². The highest BCUT2D eigenvalue weighted by atomic mass is 32.2. The Morgan fingerprint density at radius 3 is 2.83 bits per heavy atom. The number of hydrogen-bond donors (Lipinski definition) is 3. The summed E-state index contributed by atoms with van der Waals surface area (Å²) in [5.74, 6) is -0.843. The van der Waals surface area contributed by atoms with Crippen LogP contribution in [0.4, 0.5) is 0 Å². The van der Waals surface area contributed by atoms with Crippen molar-refractivity contribution in [3.05, 3.63) is 36.0 Å². The van der Waals surface area contributed by atoms with Crippen molar-refractivity contribution < 1.29 is 24.2 Å². The molecule has 0 aliphatic heterocycles. The Labute approximate surface area is 136 Å². The second-order valence-corrected chi connectivity index (χ2v) is 6.08. The Hall–Kier alpha value is -2.26. The molecule has 2 rings (SSSR count). The summed E-state index contributed by atoms with van der Waals surface area (Å²) in [5.41, 5.74) is -2.03. The van der Waals surface area contributed by atoms with Crippen molar-refractivity contribution in [3.8, 4) is 0 Å². The zero-order valence-electron chi connectivity index (χ0n) is 12.6. The number of aliphatic carboxylic acids is 1. The smallest absolute Gasteiger partial charge is 0.337 e. The summed E-state index contributed by atoms with van der Waals surface area (Å²) in [6.45, 7) is 0.686. The first-order valence-corrected chi connectivity index (χ1v) is 7.71. The van der Waals surface area contributed by atoms with E-state index >= 15 is 0 Å². The molecule has 0 bridgehead atoms. The van der Waals surface area contributed by atoms with E-state index in [0.29, 0.717) is 11.5 Å². The number of furan rings is 1. The van der Waals surface area contributed by atoms with Crippen molar-refractivity contribution in [1.29, 1.82) is 0 Å². The number of carboxylic acids is 1. The number of aromatic nitrogens is 2. The van der Waals surface area contributed by atoms with Crippen LogP contribution in [0.5, 0.6) is 0 Å². The molecule has 1 amide bonds. The molecule has 0 aliphatic rings. The van der Waals surface area contributed by atoms with Gasteiger partial charge >= 0.3 is 5.97 Å². The van der Waals surface area contributed by atoms with Crippen LogP contribution in [-0.2, 0) is 17.6 Å². The van der Waals surface area contributed by atoms with Gasteiger partial charge in [0.1, 0.15) is 5.76 Å². The topological polar surface area (TPSA) is 118 Å². The van der Waals surface area contributed by atoms with E-state index in [1.165, 1.54) is 17.8 Å². The number of nitrogens with zero attached hydrogens (tertiary/aromatic N) is 2. The molecule has 2 aromatic rings. The number of aryl methyl sites for hydroxylation is 1. The van der Waals surface area contributed by atoms with E-state index in [2.05, 4.69) is 10.3 Å². The lowest BCUT2D eigenvalue weighted by Gasteiger charge is -2.17. The van der Waals surface area contributed by atoms with E-state index in [0.717, 1.165) is 12.1 Å². The molecule has 0 aromatic carbocycles. The van der Waals surface area contributed by atoms with Gasteiger partial charge in [-0.05, 0) is 19.1 Å². The van der Waals surface area contributed by atoms with E-state index in [4.69, 9.17) is 9.52 Å². The van der Waals surface area contributed by atoms with Gasteiger partial charge in [-0.1, -0.05) is 11.8 Å². The van der Waals surface area contributed by atoms with Gasteiger partial charge in [-0.15, -0.1) is 0 Å². The predicted molar refractivity (Wildman–Crippen MR) is 82.1 cm³/mol. The number of carboxylic acid groups (broad SMARTS) is 1. The molecule has 2 aromatic heterocycles. The first kappa shape index (κ1) is 17.1. The number of imidazole rings is 1. The van der Waals surface area contributed by atoms with E-state index in [-0.39, 0.29) is 5.76 Å². The van der Waals surface area contributed by atoms with Crippen molar-refractivity contribution >= 4 is 23.6 Å². The maximum Gasteiger partial charge on any atom is 0.337 e. The highest BCUT2D eigenvalue weighted by molar-refractivity contribution is 7.98. The molecule has 1 atom stereocenters. The van der Waals surface area contributed by atoms with Crippen molar-refractivity contribution in [2.45, 2.75) is 23.4 Å². The van der Waals surface area contributed by atoms with Gasteiger partial charge in [0.05, 0.1) is 12.3 Å². The van der Waals surface area contributed by atoms with Crippen LogP contribution in [-0.4, -0.2) is 43.8 Å². The number of aliphatic hydroxyl groups is 1. The number of nitrogens with one attached hydrogen (secondary N) is 1. The number of carbonyl (C=O) groups excluding carboxylic acids is 1. The summed E-state index contributed by atoms with van der Waals surface area (Å²) >= 11 is 1.46. The lowest BCUT2D eigenvalue weighted by Crippen LogP contribution is -2.46. The van der Waals surface area contributed by atoms with Gasteiger partial charge in [-0.3, -0.25) is 4.79 Å². The molecule has 1 unspecified atom stereocenters. The predicted octanol–water partition coefficient (Wildman–Crippen LogP) is 0.871. The lowest BCUT2D eigenvalue weighted by atomic mass is 10.1. The molecule has 2 heterocycles. The van der Waals surface area contributed by atoms with Gasteiger partial charge in [0.15, 0.2) is 16.5 Å². The molecule has 0 spiro atoms. The van der Waals surface area contributed by atoms with E-state index in [9.17, 15) is 14.7 Å². The molecular weight excluding hydrogens is 322 g/mol. The molecule has 0 fully saturated rings. The summed E-state index contributed by atoms with van der Waals surface area (Å²) in [7, 11) is 1.88. The first-order chi connectivity index (χ1) is 10.8.